The summed E-state index contributed by atoms with van der Waals surface area (Å²) in [4.78, 5) is 0. The van der Waals surface area contributed by atoms with Gasteiger partial charge in [-0.1, -0.05) is 41.6 Å². The Bertz CT molecular complexity index is 930. The average molecular weight is 392 g/mol. The van der Waals surface area contributed by atoms with E-state index in [2.05, 4.69) is 10.2 Å². The Hall–Kier alpha value is -2.25. The van der Waals surface area contributed by atoms with E-state index in [4.69, 9.17) is 21.1 Å². The maximum absolute atomic E-state index is 13.9. The summed E-state index contributed by atoms with van der Waals surface area (Å²) in [7, 11) is 1.85. The van der Waals surface area contributed by atoms with Gasteiger partial charge in [-0.2, -0.15) is 0 Å². The summed E-state index contributed by atoms with van der Waals surface area (Å²) < 4.78 is 27.5. The molecule has 0 fully saturated rings. The number of hydrogen-bond acceptors (Lipinski definition) is 5. The summed E-state index contributed by atoms with van der Waals surface area (Å²) in [6.07, 6.45) is -0.353. The first-order chi connectivity index (χ1) is 12.6. The number of thioether (sulfide) groups is 1. The van der Waals surface area contributed by atoms with Crippen LogP contribution in [0.4, 0.5) is 4.39 Å². The van der Waals surface area contributed by atoms with Crippen molar-refractivity contribution in [2.75, 3.05) is 6.61 Å². The third kappa shape index (κ3) is 3.24. The highest BCUT2D eigenvalue weighted by molar-refractivity contribution is 7.98. The molecule has 0 saturated heterocycles. The summed E-state index contributed by atoms with van der Waals surface area (Å²) in [5.74, 6) is 2.09. The van der Waals surface area contributed by atoms with E-state index < -0.39 is 0 Å². The zero-order valence-corrected chi connectivity index (χ0v) is 15.4. The molecule has 8 heteroatoms. The number of benzene rings is 2. The molecule has 134 valence electrons. The molecule has 2 heterocycles. The molecule has 0 radical (unpaired) electrons. The molecule has 5 nitrogen and oxygen atoms in total. The molecule has 4 rings (SSSR count). The van der Waals surface area contributed by atoms with Gasteiger partial charge in [-0.25, -0.2) is 4.39 Å². The fraction of sp³-hybridized carbons (Fsp3) is 0.222. The van der Waals surface area contributed by atoms with E-state index in [-0.39, 0.29) is 11.9 Å². The van der Waals surface area contributed by atoms with Crippen molar-refractivity contribution in [3.63, 3.8) is 0 Å². The van der Waals surface area contributed by atoms with Gasteiger partial charge in [-0.15, -0.1) is 10.2 Å². The van der Waals surface area contributed by atoms with Gasteiger partial charge in [0.05, 0.1) is 0 Å². The van der Waals surface area contributed by atoms with Gasteiger partial charge in [-0.3, -0.25) is 0 Å². The summed E-state index contributed by atoms with van der Waals surface area (Å²) >= 11 is 7.45. The van der Waals surface area contributed by atoms with Gasteiger partial charge in [0.1, 0.15) is 12.4 Å². The first-order valence-electron chi connectivity index (χ1n) is 7.97. The molecule has 2 aromatic carbocycles. The fourth-order valence-electron chi connectivity index (χ4n) is 2.69. The van der Waals surface area contributed by atoms with E-state index in [1.165, 1.54) is 17.8 Å². The Morgan fingerprint density at radius 2 is 2.00 bits per heavy atom. The molecule has 0 amide bonds. The molecular formula is C18H15ClFN3O2S. The maximum Gasteiger partial charge on any atom is 0.192 e. The van der Waals surface area contributed by atoms with Crippen LogP contribution in [0.25, 0.3) is 0 Å². The lowest BCUT2D eigenvalue weighted by molar-refractivity contribution is 0.0825. The van der Waals surface area contributed by atoms with Gasteiger partial charge in [0, 0.05) is 23.4 Å². The molecule has 1 atom stereocenters. The van der Waals surface area contributed by atoms with Crippen molar-refractivity contribution < 1.29 is 13.9 Å². The normalized spacial score (nSPS) is 15.9. The van der Waals surface area contributed by atoms with Crippen molar-refractivity contribution in [3.05, 3.63) is 64.7 Å². The number of hydrogen-bond donors (Lipinski definition) is 0. The predicted molar refractivity (Wildman–Crippen MR) is 97.3 cm³/mol. The summed E-state index contributed by atoms with van der Waals surface area (Å²) in [5.41, 5.74) is 0.454. The van der Waals surface area contributed by atoms with Gasteiger partial charge in [0.15, 0.2) is 28.6 Å². The van der Waals surface area contributed by atoms with Crippen LogP contribution < -0.4 is 9.47 Å². The van der Waals surface area contributed by atoms with Crippen molar-refractivity contribution in [1.29, 1.82) is 0 Å². The second kappa shape index (κ2) is 7.17. The van der Waals surface area contributed by atoms with Crippen LogP contribution in [0.5, 0.6) is 11.5 Å². The molecular weight excluding hydrogens is 377 g/mol. The van der Waals surface area contributed by atoms with Crippen molar-refractivity contribution in [2.24, 2.45) is 7.05 Å². The Kier molecular flexibility index (Phi) is 4.74. The zero-order valence-electron chi connectivity index (χ0n) is 13.9. The monoisotopic (exact) mass is 391 g/mol. The molecule has 1 aliphatic heterocycles. The van der Waals surface area contributed by atoms with E-state index in [1.807, 2.05) is 35.9 Å². The number of nitrogens with zero attached hydrogens (tertiary/aromatic N) is 3. The summed E-state index contributed by atoms with van der Waals surface area (Å²) in [5, 5.41) is 9.48. The van der Waals surface area contributed by atoms with Crippen molar-refractivity contribution in [2.45, 2.75) is 17.0 Å². The highest BCUT2D eigenvalue weighted by Gasteiger charge is 2.27. The van der Waals surface area contributed by atoms with E-state index in [1.54, 1.807) is 12.1 Å². The van der Waals surface area contributed by atoms with Gasteiger partial charge in [0.25, 0.3) is 0 Å². The number of halogens is 2. The number of rotatable bonds is 4. The minimum atomic E-state index is -0.353. The SMILES string of the molecule is Cn1c(SCc2c(F)cccc2Cl)nnc1[C@@H]1COc2ccccc2O1. The van der Waals surface area contributed by atoms with Gasteiger partial charge in [-0.05, 0) is 24.3 Å². The van der Waals surface area contributed by atoms with Crippen LogP contribution in [0.3, 0.4) is 0 Å². The van der Waals surface area contributed by atoms with E-state index >= 15 is 0 Å². The second-order valence-electron chi connectivity index (χ2n) is 5.75. The smallest absolute Gasteiger partial charge is 0.192 e. The Morgan fingerprint density at radius 3 is 2.81 bits per heavy atom. The number of ether oxygens (including phenoxy) is 2. The lowest BCUT2D eigenvalue weighted by atomic mass is 10.2. The second-order valence-corrected chi connectivity index (χ2v) is 7.10. The van der Waals surface area contributed by atoms with Crippen LogP contribution in [0.2, 0.25) is 5.02 Å². The third-order valence-electron chi connectivity index (χ3n) is 4.07. The molecule has 26 heavy (non-hydrogen) atoms. The zero-order chi connectivity index (χ0) is 18.1. The first kappa shape index (κ1) is 17.2. The van der Waals surface area contributed by atoms with Crippen LogP contribution in [-0.4, -0.2) is 21.4 Å². The maximum atomic E-state index is 13.9. The average Bonchev–Trinajstić information content (AvgIpc) is 3.01. The van der Waals surface area contributed by atoms with E-state index in [0.717, 1.165) is 5.75 Å². The van der Waals surface area contributed by atoms with Gasteiger partial charge < -0.3 is 14.0 Å². The van der Waals surface area contributed by atoms with E-state index in [0.29, 0.717) is 39.7 Å². The highest BCUT2D eigenvalue weighted by atomic mass is 35.5. The first-order valence-corrected chi connectivity index (χ1v) is 9.33. The quantitative estimate of drug-likeness (QED) is 0.616. The molecule has 0 unspecified atom stereocenters. The number of fused-ring (bicyclic) bond motifs is 1. The molecule has 0 bridgehead atoms. The van der Waals surface area contributed by atoms with Crippen LogP contribution in [0, 0.1) is 5.82 Å². The number of para-hydroxylation sites is 2. The predicted octanol–water partition coefficient (Wildman–Crippen LogP) is 4.41. The van der Waals surface area contributed by atoms with Gasteiger partial charge >= 0.3 is 0 Å². The fourth-order valence-corrected chi connectivity index (χ4v) is 3.95. The van der Waals surface area contributed by atoms with Crippen molar-refractivity contribution in [3.8, 4) is 11.5 Å². The molecule has 0 N–H and O–H groups in total. The summed E-state index contributed by atoms with van der Waals surface area (Å²) in [6, 6.07) is 12.2. The van der Waals surface area contributed by atoms with Crippen LogP contribution in [0.15, 0.2) is 47.6 Å². The molecule has 3 aromatic rings. The van der Waals surface area contributed by atoms with Gasteiger partial charge in [0.2, 0.25) is 0 Å². The van der Waals surface area contributed by atoms with E-state index in [9.17, 15) is 4.39 Å². The third-order valence-corrected chi connectivity index (χ3v) is 5.47. The minimum Gasteiger partial charge on any atom is -0.485 e. The Balaban J connectivity index is 1.50. The standard InChI is InChI=1S/C18H15ClFN3O2S/c1-23-17(16-9-24-14-7-2-3-8-15(14)25-16)21-22-18(23)26-10-11-12(19)5-4-6-13(11)20/h2-8,16H,9-10H2,1H3/t16-/m0/s1. The largest absolute Gasteiger partial charge is 0.485 e. The molecule has 1 aromatic heterocycles. The number of aromatic nitrogens is 3. The molecule has 1 aliphatic rings. The minimum absolute atomic E-state index is 0.326. The van der Waals surface area contributed by atoms with Crippen LogP contribution >= 0.6 is 23.4 Å². The topological polar surface area (TPSA) is 49.2 Å². The summed E-state index contributed by atoms with van der Waals surface area (Å²) in [6.45, 7) is 0.354. The van der Waals surface area contributed by atoms with Crippen LogP contribution in [-0.2, 0) is 12.8 Å². The molecule has 0 spiro atoms. The Morgan fingerprint density at radius 1 is 1.19 bits per heavy atom. The molecule has 0 aliphatic carbocycles. The van der Waals surface area contributed by atoms with Crippen LogP contribution in [0.1, 0.15) is 17.5 Å². The lowest BCUT2D eigenvalue weighted by Crippen LogP contribution is -2.24. The van der Waals surface area contributed by atoms with Crippen molar-refractivity contribution >= 4 is 23.4 Å². The van der Waals surface area contributed by atoms with Crippen molar-refractivity contribution in [1.82, 2.24) is 14.8 Å². The lowest BCUT2D eigenvalue weighted by Gasteiger charge is -2.25. The molecule has 0 saturated carbocycles. The highest BCUT2D eigenvalue weighted by Crippen LogP contribution is 2.36. The Labute approximate surface area is 159 Å².